The van der Waals surface area contributed by atoms with Gasteiger partial charge >= 0.3 is 17.6 Å². The van der Waals surface area contributed by atoms with E-state index in [9.17, 15) is 37.5 Å². The molecule has 4 atom stereocenters. The fourth-order valence-corrected chi connectivity index (χ4v) is 7.56. The third-order valence-corrected chi connectivity index (χ3v) is 9.80. The number of halogens is 5. The van der Waals surface area contributed by atoms with Crippen LogP contribution >= 0.6 is 23.2 Å². The number of amides is 2. The number of alkyl halides is 3. The van der Waals surface area contributed by atoms with Crippen LogP contribution in [0, 0.1) is 5.92 Å². The van der Waals surface area contributed by atoms with Crippen LogP contribution in [0.4, 0.5) is 19.0 Å². The number of fused-ring (bicyclic) bond motifs is 4. The lowest BCUT2D eigenvalue weighted by Gasteiger charge is -2.49. The molecule has 2 aromatic heterocycles. The van der Waals surface area contributed by atoms with Gasteiger partial charge < -0.3 is 5.11 Å². The van der Waals surface area contributed by atoms with Crippen LogP contribution in [-0.4, -0.2) is 40.8 Å². The molecule has 1 aliphatic carbocycles. The summed E-state index contributed by atoms with van der Waals surface area (Å²) < 4.78 is 43.4. The molecule has 16 heteroatoms. The highest BCUT2D eigenvalue weighted by atomic mass is 35.5. The number of anilines is 1. The van der Waals surface area contributed by atoms with E-state index in [-0.39, 0.29) is 30.1 Å². The number of allylic oxidation sites excluding steroid dienone is 2. The number of imide groups is 1. The van der Waals surface area contributed by atoms with Crippen molar-refractivity contribution in [3.8, 4) is 5.75 Å². The van der Waals surface area contributed by atoms with E-state index < -0.39 is 63.2 Å². The maximum atomic E-state index is 15.0. The zero-order valence-electron chi connectivity index (χ0n) is 24.2. The van der Waals surface area contributed by atoms with Gasteiger partial charge in [0.2, 0.25) is 0 Å². The number of phenolic OH excluding ortho intramolecular Hbond substituents is 1. The molecule has 242 valence electrons. The molecule has 2 amide bonds. The van der Waals surface area contributed by atoms with Gasteiger partial charge in [-0.05, 0) is 41.8 Å². The maximum Gasteiger partial charge on any atom is 0.417 e. The van der Waals surface area contributed by atoms with Gasteiger partial charge in [-0.2, -0.15) is 18.2 Å². The van der Waals surface area contributed by atoms with Crippen LogP contribution in [0.1, 0.15) is 35.1 Å². The summed E-state index contributed by atoms with van der Waals surface area (Å²) in [6.07, 6.45) is -2.63. The number of pyridine rings is 1. The molecule has 2 N–H and O–H groups in total. The number of benzene rings is 2. The van der Waals surface area contributed by atoms with E-state index in [0.717, 1.165) is 4.57 Å². The van der Waals surface area contributed by atoms with Crippen molar-refractivity contribution >= 4 is 40.8 Å². The van der Waals surface area contributed by atoms with Crippen LogP contribution < -0.4 is 16.8 Å². The average Bonchev–Trinajstić information content (AvgIpc) is 3.38. The van der Waals surface area contributed by atoms with E-state index in [0.29, 0.717) is 33.4 Å². The van der Waals surface area contributed by atoms with Crippen LogP contribution in [0.3, 0.4) is 0 Å². The molecule has 3 aliphatic rings. The lowest BCUT2D eigenvalue weighted by molar-refractivity contribution is -0.139. The summed E-state index contributed by atoms with van der Waals surface area (Å²) in [6, 6.07) is 12.3. The lowest BCUT2D eigenvalue weighted by atomic mass is 9.53. The number of aromatic hydroxyl groups is 1. The summed E-state index contributed by atoms with van der Waals surface area (Å²) in [5.74, 6) is -4.45. The molecular weight excluding hydrogens is 664 g/mol. The zero-order chi connectivity index (χ0) is 33.6. The number of phenols is 1. The summed E-state index contributed by atoms with van der Waals surface area (Å²) >= 11 is 12.4. The van der Waals surface area contributed by atoms with Gasteiger partial charge in [-0.3, -0.25) is 15.0 Å². The standard InChI is InChI=1S/C31H23Cl2F3N6O5/c1-39-28(46)40-11-10-18-22(42(40)29(39)47)13-20-26(44)41(38-25-21(33)12-16(14-37-25)31(34,35)36)27(45)30(20,15-6-8-17(32)9-7-15)24(18)19-4-2-3-5-23(19)43/h2-10,12,14,20,22,24,43H,11,13H2,1H3,(H,37,38)/t20-,22+,24+,30+/m0/s1. The Morgan fingerprint density at radius 1 is 1.02 bits per heavy atom. The molecule has 2 aliphatic heterocycles. The molecule has 2 aromatic carbocycles. The number of rotatable bonds is 4. The molecule has 4 heterocycles. The van der Waals surface area contributed by atoms with Crippen molar-refractivity contribution in [2.24, 2.45) is 13.0 Å². The van der Waals surface area contributed by atoms with Gasteiger partial charge in [0.15, 0.2) is 5.82 Å². The second-order valence-electron chi connectivity index (χ2n) is 11.6. The van der Waals surface area contributed by atoms with E-state index in [1.165, 1.54) is 22.5 Å². The van der Waals surface area contributed by atoms with Crippen molar-refractivity contribution in [1.82, 2.24) is 23.9 Å². The smallest absolute Gasteiger partial charge is 0.417 e. The Hall–Kier alpha value is -4.82. The maximum absolute atomic E-state index is 15.0. The summed E-state index contributed by atoms with van der Waals surface area (Å²) in [5.41, 5.74) is -0.406. The minimum atomic E-state index is -4.74. The minimum Gasteiger partial charge on any atom is -0.508 e. The SMILES string of the molecule is Cn1c(=O)n2n(c1=O)[C@@H]1C[C@H]3C(=O)N(Nc4ncc(C(F)(F)F)cc4Cl)C(=O)[C@@]3(c3ccc(Cl)cc3)[C@@H](c3ccccc3O)C1=CC2. The molecule has 4 aromatic rings. The first-order valence-corrected chi connectivity index (χ1v) is 15.0. The molecule has 0 bridgehead atoms. The molecule has 1 saturated heterocycles. The van der Waals surface area contributed by atoms with Crippen molar-refractivity contribution in [3.05, 3.63) is 120 Å². The second-order valence-corrected chi connectivity index (χ2v) is 12.4. The highest BCUT2D eigenvalue weighted by Gasteiger charge is 2.69. The van der Waals surface area contributed by atoms with Crippen LogP contribution in [0.15, 0.2) is 82.0 Å². The normalized spacial score (nSPS) is 23.7. The van der Waals surface area contributed by atoms with E-state index >= 15 is 0 Å². The van der Waals surface area contributed by atoms with Gasteiger partial charge in [0.25, 0.3) is 11.8 Å². The molecule has 1 saturated carbocycles. The van der Waals surface area contributed by atoms with E-state index in [1.54, 1.807) is 48.5 Å². The number of carbonyl (C=O) groups excluding carboxylic acids is 2. The monoisotopic (exact) mass is 686 g/mol. The molecule has 0 unspecified atom stereocenters. The van der Waals surface area contributed by atoms with E-state index in [4.69, 9.17) is 23.2 Å². The topological polar surface area (TPSA) is 131 Å². The Balaban J connectivity index is 1.47. The van der Waals surface area contributed by atoms with E-state index in [2.05, 4.69) is 10.4 Å². The Morgan fingerprint density at radius 2 is 1.72 bits per heavy atom. The number of para-hydroxylation sites is 1. The van der Waals surface area contributed by atoms with Crippen LogP contribution in [0.5, 0.6) is 5.75 Å². The van der Waals surface area contributed by atoms with Crippen molar-refractivity contribution in [3.63, 3.8) is 0 Å². The third kappa shape index (κ3) is 4.38. The Kier molecular flexibility index (Phi) is 6.95. The first-order chi connectivity index (χ1) is 22.3. The largest absolute Gasteiger partial charge is 0.508 e. The van der Waals surface area contributed by atoms with Gasteiger partial charge in [-0.1, -0.05) is 59.6 Å². The first-order valence-electron chi connectivity index (χ1n) is 14.3. The molecule has 47 heavy (non-hydrogen) atoms. The molecule has 7 rings (SSSR count). The molecule has 0 spiro atoms. The first kappa shape index (κ1) is 30.8. The Morgan fingerprint density at radius 3 is 2.38 bits per heavy atom. The second kappa shape index (κ2) is 10.6. The van der Waals surface area contributed by atoms with Gasteiger partial charge in [0.1, 0.15) is 5.75 Å². The van der Waals surface area contributed by atoms with Crippen LogP contribution in [-0.2, 0) is 34.8 Å². The highest BCUT2D eigenvalue weighted by Crippen LogP contribution is 2.62. The van der Waals surface area contributed by atoms with Crippen molar-refractivity contribution in [2.45, 2.75) is 36.5 Å². The molecule has 0 radical (unpaired) electrons. The Labute approximate surface area is 273 Å². The van der Waals surface area contributed by atoms with Gasteiger partial charge in [0.05, 0.1) is 34.5 Å². The van der Waals surface area contributed by atoms with Crippen molar-refractivity contribution in [2.75, 3.05) is 5.43 Å². The molecule has 2 fully saturated rings. The number of hydrogen-bond acceptors (Lipinski definition) is 7. The minimum absolute atomic E-state index is 0.0264. The van der Waals surface area contributed by atoms with Gasteiger partial charge in [0, 0.05) is 29.7 Å². The quantitative estimate of drug-likeness (QED) is 0.240. The number of hydrogen-bond donors (Lipinski definition) is 2. The van der Waals surface area contributed by atoms with Crippen molar-refractivity contribution in [1.29, 1.82) is 0 Å². The third-order valence-electron chi connectivity index (χ3n) is 9.26. The number of aromatic nitrogens is 4. The summed E-state index contributed by atoms with van der Waals surface area (Å²) in [4.78, 5) is 59.5. The van der Waals surface area contributed by atoms with Crippen LogP contribution in [0.25, 0.3) is 0 Å². The van der Waals surface area contributed by atoms with Gasteiger partial charge in [-0.25, -0.2) is 28.5 Å². The number of carbonyl (C=O) groups is 2. The van der Waals surface area contributed by atoms with E-state index in [1.807, 2.05) is 0 Å². The summed E-state index contributed by atoms with van der Waals surface area (Å²) in [6.45, 7) is -0.0264. The molecule has 11 nitrogen and oxygen atoms in total. The van der Waals surface area contributed by atoms with Crippen molar-refractivity contribution < 1.29 is 27.9 Å². The number of nitrogens with zero attached hydrogens (tertiary/aromatic N) is 5. The summed E-state index contributed by atoms with van der Waals surface area (Å²) in [5, 5.41) is 11.8. The molecular formula is C31H23Cl2F3N6O5. The Bertz CT molecular complexity index is 2140. The zero-order valence-corrected chi connectivity index (χ0v) is 25.7. The lowest BCUT2D eigenvalue weighted by Crippen LogP contribution is -2.53. The summed E-state index contributed by atoms with van der Waals surface area (Å²) in [7, 11) is 1.33. The average molecular weight is 687 g/mol. The fraction of sp³-hybridized carbons (Fsp3) is 0.258. The predicted octanol–water partition coefficient (Wildman–Crippen LogP) is 4.39. The number of hydrazine groups is 1. The predicted molar refractivity (Wildman–Crippen MR) is 163 cm³/mol. The highest BCUT2D eigenvalue weighted by molar-refractivity contribution is 6.33. The fourth-order valence-electron chi connectivity index (χ4n) is 7.23. The number of nitrogens with one attached hydrogen (secondary N) is 1. The van der Waals surface area contributed by atoms with Gasteiger partial charge in [-0.15, -0.1) is 0 Å². The van der Waals surface area contributed by atoms with Crippen LogP contribution in [0.2, 0.25) is 10.0 Å².